The number of thioether (sulfide) groups is 1. The van der Waals surface area contributed by atoms with Crippen molar-refractivity contribution < 1.29 is 27.9 Å². The highest BCUT2D eigenvalue weighted by Gasteiger charge is 2.53. The van der Waals surface area contributed by atoms with Crippen LogP contribution < -0.4 is 0 Å². The molecular weight excluding hydrogens is 235 g/mol. The first kappa shape index (κ1) is 12.2. The number of halogens is 3. The largest absolute Gasteiger partial charge is 0.480 e. The molecule has 1 heterocycles. The van der Waals surface area contributed by atoms with Crippen molar-refractivity contribution in [2.24, 2.45) is 0 Å². The van der Waals surface area contributed by atoms with E-state index < -0.39 is 29.5 Å². The predicted octanol–water partition coefficient (Wildman–Crippen LogP) is 0.923. The van der Waals surface area contributed by atoms with Crippen LogP contribution in [-0.2, 0) is 9.59 Å². The molecular formula is C7H8F3NO3S. The molecule has 0 aliphatic carbocycles. The zero-order chi connectivity index (χ0) is 11.8. The number of carbonyl (C=O) groups excluding carboxylic acids is 1. The number of hydrogen-bond acceptors (Lipinski definition) is 3. The van der Waals surface area contributed by atoms with E-state index in [1.165, 1.54) is 0 Å². The molecule has 0 saturated carbocycles. The lowest BCUT2D eigenvalue weighted by Gasteiger charge is -2.27. The Morgan fingerprint density at radius 2 is 2.00 bits per heavy atom. The summed E-state index contributed by atoms with van der Waals surface area (Å²) in [4.78, 5) is 21.9. The molecule has 86 valence electrons. The lowest BCUT2D eigenvalue weighted by atomic mass is 10.3. The summed E-state index contributed by atoms with van der Waals surface area (Å²) < 4.78 is 37.2. The van der Waals surface area contributed by atoms with Gasteiger partial charge in [0.2, 0.25) is 5.91 Å². The number of rotatable bonds is 1. The van der Waals surface area contributed by atoms with Gasteiger partial charge in [-0.25, -0.2) is 4.79 Å². The molecule has 1 aliphatic rings. The van der Waals surface area contributed by atoms with E-state index in [1.807, 2.05) is 0 Å². The minimum atomic E-state index is -4.60. The van der Waals surface area contributed by atoms with Gasteiger partial charge in [-0.05, 0) is 0 Å². The second kappa shape index (κ2) is 3.92. The fraction of sp³-hybridized carbons (Fsp3) is 0.714. The summed E-state index contributed by atoms with van der Waals surface area (Å²) in [7, 11) is 0. The van der Waals surface area contributed by atoms with E-state index in [1.54, 1.807) is 0 Å². The van der Waals surface area contributed by atoms with E-state index in [0.717, 1.165) is 6.92 Å². The number of aliphatic carboxylic acids is 1. The van der Waals surface area contributed by atoms with Gasteiger partial charge in [0.25, 0.3) is 0 Å². The van der Waals surface area contributed by atoms with Crippen molar-refractivity contribution in [3.05, 3.63) is 0 Å². The average molecular weight is 243 g/mol. The maximum absolute atomic E-state index is 12.4. The molecule has 1 fully saturated rings. The van der Waals surface area contributed by atoms with E-state index in [4.69, 9.17) is 5.11 Å². The van der Waals surface area contributed by atoms with Crippen LogP contribution in [0.3, 0.4) is 0 Å². The molecule has 1 saturated heterocycles. The Bertz CT molecular complexity index is 294. The van der Waals surface area contributed by atoms with Crippen molar-refractivity contribution in [3.63, 3.8) is 0 Å². The second-order valence-electron chi connectivity index (χ2n) is 3.01. The Kier molecular flexibility index (Phi) is 3.17. The molecule has 0 unspecified atom stereocenters. The van der Waals surface area contributed by atoms with Gasteiger partial charge in [-0.3, -0.25) is 4.79 Å². The molecule has 15 heavy (non-hydrogen) atoms. The molecule has 8 heteroatoms. The van der Waals surface area contributed by atoms with Crippen molar-refractivity contribution in [1.29, 1.82) is 0 Å². The molecule has 0 aromatic rings. The van der Waals surface area contributed by atoms with Gasteiger partial charge in [0.1, 0.15) is 6.04 Å². The second-order valence-corrected chi connectivity index (χ2v) is 4.12. The van der Waals surface area contributed by atoms with Gasteiger partial charge in [-0.1, -0.05) is 0 Å². The van der Waals surface area contributed by atoms with Gasteiger partial charge in [-0.2, -0.15) is 13.2 Å². The highest BCUT2D eigenvalue weighted by atomic mass is 32.2. The summed E-state index contributed by atoms with van der Waals surface area (Å²) in [6.45, 7) is 0.931. The summed E-state index contributed by atoms with van der Waals surface area (Å²) in [6.07, 6.45) is -4.60. The SMILES string of the molecule is CC(=O)N1[C@H](C(F)(F)F)SC[C@H]1C(=O)O. The number of amides is 1. The monoisotopic (exact) mass is 243 g/mol. The minimum Gasteiger partial charge on any atom is -0.480 e. The fourth-order valence-electron chi connectivity index (χ4n) is 1.33. The Hall–Kier alpha value is -0.920. The first-order valence-corrected chi connectivity index (χ1v) is 5.00. The van der Waals surface area contributed by atoms with Gasteiger partial charge < -0.3 is 10.0 Å². The van der Waals surface area contributed by atoms with E-state index >= 15 is 0 Å². The zero-order valence-corrected chi connectivity index (χ0v) is 8.43. The fourth-order valence-corrected chi connectivity index (χ4v) is 2.65. The van der Waals surface area contributed by atoms with Gasteiger partial charge in [0.05, 0.1) is 0 Å². The van der Waals surface area contributed by atoms with Crippen LogP contribution in [0.4, 0.5) is 13.2 Å². The minimum absolute atomic E-state index is 0.237. The van der Waals surface area contributed by atoms with Gasteiger partial charge >= 0.3 is 12.1 Å². The topological polar surface area (TPSA) is 57.6 Å². The number of hydrogen-bond donors (Lipinski definition) is 1. The van der Waals surface area contributed by atoms with E-state index in [-0.39, 0.29) is 5.75 Å². The number of carboxylic acid groups (broad SMARTS) is 1. The maximum atomic E-state index is 12.4. The number of nitrogens with zero attached hydrogens (tertiary/aromatic N) is 1. The highest BCUT2D eigenvalue weighted by molar-refractivity contribution is 8.00. The van der Waals surface area contributed by atoms with Crippen LogP contribution in [0.1, 0.15) is 6.92 Å². The molecule has 0 aromatic heterocycles. The molecule has 4 nitrogen and oxygen atoms in total. The van der Waals surface area contributed by atoms with Gasteiger partial charge in [0, 0.05) is 12.7 Å². The van der Waals surface area contributed by atoms with Crippen LogP contribution in [0.25, 0.3) is 0 Å². The van der Waals surface area contributed by atoms with Crippen molar-refractivity contribution in [2.75, 3.05) is 5.75 Å². The van der Waals surface area contributed by atoms with Crippen molar-refractivity contribution in [1.82, 2.24) is 4.90 Å². The summed E-state index contributed by atoms with van der Waals surface area (Å²) >= 11 is 0.421. The van der Waals surface area contributed by atoms with Crippen LogP contribution in [0, 0.1) is 0 Å². The first-order chi connectivity index (χ1) is 6.75. The lowest BCUT2D eigenvalue weighted by Crippen LogP contribution is -2.49. The third-order valence-electron chi connectivity index (χ3n) is 1.93. The summed E-state index contributed by atoms with van der Waals surface area (Å²) in [5.41, 5.74) is 0. The van der Waals surface area contributed by atoms with E-state index in [9.17, 15) is 22.8 Å². The Morgan fingerprint density at radius 1 is 1.47 bits per heavy atom. The van der Waals surface area contributed by atoms with Crippen LogP contribution in [0.2, 0.25) is 0 Å². The molecule has 1 amide bonds. The Balaban J connectivity index is 2.95. The quantitative estimate of drug-likeness (QED) is 0.744. The Morgan fingerprint density at radius 3 is 2.33 bits per heavy atom. The lowest BCUT2D eigenvalue weighted by molar-refractivity contribution is -0.174. The van der Waals surface area contributed by atoms with Gasteiger partial charge in [0.15, 0.2) is 5.37 Å². The zero-order valence-electron chi connectivity index (χ0n) is 7.61. The number of carboxylic acids is 1. The first-order valence-electron chi connectivity index (χ1n) is 3.95. The molecule has 2 atom stereocenters. The number of alkyl halides is 3. The molecule has 1 N–H and O–H groups in total. The van der Waals surface area contributed by atoms with Crippen LogP contribution in [-0.4, -0.2) is 45.2 Å². The van der Waals surface area contributed by atoms with Crippen LogP contribution in [0.5, 0.6) is 0 Å². The average Bonchev–Trinajstić information content (AvgIpc) is 2.45. The van der Waals surface area contributed by atoms with E-state index in [2.05, 4.69) is 0 Å². The molecule has 0 spiro atoms. The summed E-state index contributed by atoms with van der Waals surface area (Å²) in [5.74, 6) is -2.53. The smallest absolute Gasteiger partial charge is 0.418 e. The predicted molar refractivity (Wildman–Crippen MR) is 46.2 cm³/mol. The molecule has 0 aromatic carbocycles. The maximum Gasteiger partial charge on any atom is 0.418 e. The standard InChI is InChI=1S/C7H8F3NO3S/c1-3(12)11-4(5(13)14)2-15-6(11)7(8,9)10/h4,6H,2H2,1H3,(H,13,14)/t4-,6-/m0/s1. The van der Waals surface area contributed by atoms with Gasteiger partial charge in [-0.15, -0.1) is 11.8 Å². The van der Waals surface area contributed by atoms with Crippen molar-refractivity contribution in [3.8, 4) is 0 Å². The Labute approximate surface area is 87.4 Å². The summed E-state index contributed by atoms with van der Waals surface area (Å²) in [6, 6.07) is -1.39. The number of carbonyl (C=O) groups is 2. The van der Waals surface area contributed by atoms with Crippen LogP contribution in [0.15, 0.2) is 0 Å². The molecule has 1 aliphatic heterocycles. The van der Waals surface area contributed by atoms with Crippen LogP contribution >= 0.6 is 11.8 Å². The van der Waals surface area contributed by atoms with Crippen molar-refractivity contribution >= 4 is 23.6 Å². The third-order valence-corrected chi connectivity index (χ3v) is 3.25. The summed E-state index contributed by atoms with van der Waals surface area (Å²) in [5, 5.41) is 6.60. The third kappa shape index (κ3) is 2.36. The normalized spacial score (nSPS) is 26.8. The molecule has 0 bridgehead atoms. The molecule has 0 radical (unpaired) electrons. The van der Waals surface area contributed by atoms with Crippen molar-refractivity contribution in [2.45, 2.75) is 24.5 Å². The molecule has 1 rings (SSSR count). The van der Waals surface area contributed by atoms with E-state index in [0.29, 0.717) is 16.7 Å². The highest BCUT2D eigenvalue weighted by Crippen LogP contribution is 2.40.